The van der Waals surface area contributed by atoms with Crippen LogP contribution in [0.1, 0.15) is 47.0 Å². The van der Waals surface area contributed by atoms with Crippen LogP contribution in [-0.2, 0) is 25.9 Å². The van der Waals surface area contributed by atoms with Crippen molar-refractivity contribution in [2.75, 3.05) is 0 Å². The molecule has 1 aliphatic carbocycles. The molecule has 4 nitrogen and oxygen atoms in total. The number of nitrogens with zero attached hydrogens (tertiary/aromatic N) is 3. The molecular formula is C16H23B2F8N3OW-. The molecule has 0 amide bonds. The van der Waals surface area contributed by atoms with E-state index in [-0.39, 0.29) is 21.1 Å². The normalized spacial score (nSPS) is 10.1. The number of nitriles is 3. The van der Waals surface area contributed by atoms with E-state index >= 15 is 0 Å². The molecule has 0 N–H and O–H groups in total. The number of halogens is 8. The van der Waals surface area contributed by atoms with Crippen molar-refractivity contribution in [1.29, 1.82) is 15.8 Å². The van der Waals surface area contributed by atoms with Gasteiger partial charge in [-0.15, -0.1) is 0 Å². The van der Waals surface area contributed by atoms with Gasteiger partial charge < -0.3 is 39.3 Å². The van der Waals surface area contributed by atoms with Crippen LogP contribution in [0.4, 0.5) is 34.5 Å². The van der Waals surface area contributed by atoms with Crippen LogP contribution in [0.25, 0.3) is 0 Å². The van der Waals surface area contributed by atoms with Gasteiger partial charge in [0.05, 0.1) is 18.2 Å². The van der Waals surface area contributed by atoms with Crippen LogP contribution in [0.15, 0.2) is 0 Å². The van der Waals surface area contributed by atoms with Crippen LogP contribution in [0.3, 0.4) is 0 Å². The summed E-state index contributed by atoms with van der Waals surface area (Å²) in [6.07, 6.45) is 13.4. The standard InChI is InChI=1S/C5H5.3C3H5N.C2H3O.2BF4.W/c1-2-4-5-3-1;3*1-2-3-4;1-2-3;2*2-1(3,4)5;/h1-5H;3*2H2,1H3;1H3;;;/q;;;;3*-1;+2. The summed E-state index contributed by atoms with van der Waals surface area (Å²) >= 11 is 0. The summed E-state index contributed by atoms with van der Waals surface area (Å²) in [5.41, 5.74) is 0. The van der Waals surface area contributed by atoms with Gasteiger partial charge in [-0.05, 0) is 32.1 Å². The van der Waals surface area contributed by atoms with Crippen molar-refractivity contribution in [2.45, 2.75) is 47.0 Å². The Hall–Kier alpha value is -1.60. The third-order valence-electron chi connectivity index (χ3n) is 1.03. The molecule has 31 heavy (non-hydrogen) atoms. The molecule has 0 heterocycles. The fourth-order valence-electron chi connectivity index (χ4n) is 0.321. The monoisotopic (exact) mass is 631 g/mol. The van der Waals surface area contributed by atoms with E-state index in [1.807, 2.05) is 71.1 Å². The SMILES string of the molecule is CCC#N.CCC#N.CCC#N.C[C-]=O.F[B-](F)(F)F.F[B-](F)(F)F.[CH]1[CH][CH][CH][CH]1.[W+2]. The Morgan fingerprint density at radius 1 is 0.645 bits per heavy atom. The molecule has 15 heteroatoms. The molecule has 0 aromatic carbocycles. The number of hydrogen-bond acceptors (Lipinski definition) is 4. The zero-order valence-corrected chi connectivity index (χ0v) is 20.3. The zero-order chi connectivity index (χ0) is 25.5. The Bertz CT molecular complexity index is 380. The van der Waals surface area contributed by atoms with Gasteiger partial charge in [0.15, 0.2) is 0 Å². The Labute approximate surface area is 194 Å². The van der Waals surface area contributed by atoms with Crippen LogP contribution in [0.2, 0.25) is 0 Å². The van der Waals surface area contributed by atoms with Gasteiger partial charge in [-0.1, -0.05) is 20.8 Å². The number of rotatable bonds is 0. The minimum absolute atomic E-state index is 0. The predicted octanol–water partition coefficient (Wildman–Crippen LogP) is 6.49. The quantitative estimate of drug-likeness (QED) is 0.174. The molecule has 0 unspecified atom stereocenters. The second-order valence-electron chi connectivity index (χ2n) is 3.69. The minimum Gasteiger partial charge on any atom is -0.542 e. The molecule has 1 rings (SSSR count). The minimum atomic E-state index is -6.00. The summed E-state index contributed by atoms with van der Waals surface area (Å²) < 4.78 is 78.0. The van der Waals surface area contributed by atoms with E-state index < -0.39 is 14.5 Å². The second kappa shape index (κ2) is 42.5. The Balaban J connectivity index is -0.0000000434. The van der Waals surface area contributed by atoms with Crippen molar-refractivity contribution in [3.8, 4) is 18.2 Å². The fraction of sp³-hybridized carbons (Fsp3) is 0.438. The molecule has 0 aliphatic heterocycles. The van der Waals surface area contributed by atoms with Gasteiger partial charge in [-0.3, -0.25) is 6.29 Å². The first-order valence-corrected chi connectivity index (χ1v) is 7.97. The van der Waals surface area contributed by atoms with Crippen molar-refractivity contribution in [3.05, 3.63) is 32.1 Å². The van der Waals surface area contributed by atoms with Crippen LogP contribution in [-0.4, -0.2) is 20.8 Å². The van der Waals surface area contributed by atoms with Crippen LogP contribution < -0.4 is 0 Å². The van der Waals surface area contributed by atoms with Crippen molar-refractivity contribution < 1.29 is 60.4 Å². The smallest absolute Gasteiger partial charge is 0.542 e. The number of hydrogen-bond donors (Lipinski definition) is 0. The molecule has 0 aromatic heterocycles. The predicted molar refractivity (Wildman–Crippen MR) is 101 cm³/mol. The van der Waals surface area contributed by atoms with E-state index in [1.54, 1.807) is 0 Å². The van der Waals surface area contributed by atoms with Crippen molar-refractivity contribution >= 4 is 20.8 Å². The molecule has 1 aliphatic rings. The van der Waals surface area contributed by atoms with E-state index in [1.165, 1.54) is 13.2 Å². The molecule has 0 atom stereocenters. The van der Waals surface area contributed by atoms with E-state index in [4.69, 9.17) is 20.6 Å². The van der Waals surface area contributed by atoms with Gasteiger partial charge in [0.1, 0.15) is 0 Å². The number of carbonyl (C=O) groups excluding carboxylic acids is 1. The molecule has 0 bridgehead atoms. The molecule has 0 aromatic rings. The van der Waals surface area contributed by atoms with Gasteiger partial charge in [-0.25, -0.2) is 0 Å². The Kier molecular flexibility index (Phi) is 64.8. The molecular weight excluding hydrogens is 608 g/mol. The van der Waals surface area contributed by atoms with Gasteiger partial charge in [0, 0.05) is 19.3 Å². The molecule has 1 fully saturated rings. The summed E-state index contributed by atoms with van der Waals surface area (Å²) in [4.78, 5) is 8.68. The summed E-state index contributed by atoms with van der Waals surface area (Å²) in [7, 11) is -12.0. The summed E-state index contributed by atoms with van der Waals surface area (Å²) in [6.45, 7) is 6.78. The van der Waals surface area contributed by atoms with E-state index in [0.29, 0.717) is 19.3 Å². The maximum atomic E-state index is 9.75. The van der Waals surface area contributed by atoms with Gasteiger partial charge >= 0.3 is 35.6 Å². The first-order valence-electron chi connectivity index (χ1n) is 7.97. The van der Waals surface area contributed by atoms with Gasteiger partial charge in [-0.2, -0.15) is 22.7 Å². The summed E-state index contributed by atoms with van der Waals surface area (Å²) in [6, 6.07) is 5.79. The van der Waals surface area contributed by atoms with Crippen LogP contribution >= 0.6 is 0 Å². The van der Waals surface area contributed by atoms with E-state index in [0.717, 1.165) is 0 Å². The van der Waals surface area contributed by atoms with Crippen molar-refractivity contribution in [1.82, 2.24) is 0 Å². The van der Waals surface area contributed by atoms with Crippen LogP contribution in [0, 0.1) is 66.1 Å². The average Bonchev–Trinajstić information content (AvgIpc) is 3.19. The van der Waals surface area contributed by atoms with E-state index in [9.17, 15) is 34.5 Å². The third kappa shape index (κ3) is 483. The average molecular weight is 631 g/mol. The maximum Gasteiger partial charge on any atom is 2.00 e. The Morgan fingerprint density at radius 3 is 0.742 bits per heavy atom. The van der Waals surface area contributed by atoms with Gasteiger partial charge in [0.25, 0.3) is 0 Å². The molecule has 177 valence electrons. The summed E-state index contributed by atoms with van der Waals surface area (Å²) in [5.74, 6) is 0. The van der Waals surface area contributed by atoms with Gasteiger partial charge in [0.2, 0.25) is 0 Å². The van der Waals surface area contributed by atoms with Crippen molar-refractivity contribution in [3.63, 3.8) is 0 Å². The Morgan fingerprint density at radius 2 is 0.710 bits per heavy atom. The fourth-order valence-corrected chi connectivity index (χ4v) is 0.321. The first-order chi connectivity index (χ1) is 13.7. The van der Waals surface area contributed by atoms with Crippen molar-refractivity contribution in [2.24, 2.45) is 0 Å². The largest absolute Gasteiger partial charge is 2.00 e. The summed E-state index contributed by atoms with van der Waals surface area (Å²) in [5, 5.41) is 22.9. The second-order valence-corrected chi connectivity index (χ2v) is 3.69. The molecule has 1 saturated carbocycles. The third-order valence-corrected chi connectivity index (χ3v) is 1.03. The maximum absolute atomic E-state index is 9.75. The molecule has 0 spiro atoms. The van der Waals surface area contributed by atoms with Crippen LogP contribution in [0.5, 0.6) is 0 Å². The van der Waals surface area contributed by atoms with E-state index in [2.05, 4.69) is 0 Å². The topological polar surface area (TPSA) is 88.4 Å². The zero-order valence-electron chi connectivity index (χ0n) is 17.3. The first kappa shape index (κ1) is 47.3. The molecule has 0 saturated heterocycles. The molecule has 5 radical (unpaired) electrons.